The van der Waals surface area contributed by atoms with Gasteiger partial charge in [0.2, 0.25) is 5.78 Å². The van der Waals surface area contributed by atoms with Gasteiger partial charge in [-0.25, -0.2) is 4.98 Å². The van der Waals surface area contributed by atoms with Crippen molar-refractivity contribution in [1.29, 1.82) is 0 Å². The van der Waals surface area contributed by atoms with Gasteiger partial charge in [-0.05, 0) is 0 Å². The third-order valence-electron chi connectivity index (χ3n) is 1.17. The molecule has 1 rings (SSSR count). The molecule has 0 amide bonds. The minimum absolute atomic E-state index is 0.0714. The van der Waals surface area contributed by atoms with E-state index in [9.17, 15) is 9.59 Å². The molecule has 0 bridgehead atoms. The summed E-state index contributed by atoms with van der Waals surface area (Å²) in [5.74, 6) is 0.338. The van der Waals surface area contributed by atoms with E-state index >= 15 is 0 Å². The highest BCUT2D eigenvalue weighted by atomic mass is 32.2. The van der Waals surface area contributed by atoms with Gasteiger partial charge in [0.1, 0.15) is 5.82 Å². The zero-order valence-corrected chi connectivity index (χ0v) is 8.58. The highest BCUT2D eigenvalue weighted by Gasteiger charge is 2.11. The summed E-state index contributed by atoms with van der Waals surface area (Å²) in [7, 11) is 0. The molecule has 0 atom stereocenters. The van der Waals surface area contributed by atoms with Crippen LogP contribution in [0.15, 0.2) is 5.38 Å². The first kappa shape index (κ1) is 10.2. The number of thioether (sulfide) groups is 1. The predicted molar refractivity (Wildman–Crippen MR) is 54.0 cm³/mol. The van der Waals surface area contributed by atoms with Gasteiger partial charge < -0.3 is 5.73 Å². The molecular formula is C7H8N2O2S2. The van der Waals surface area contributed by atoms with Gasteiger partial charge in [0.15, 0.2) is 10.1 Å². The number of anilines is 1. The van der Waals surface area contributed by atoms with Gasteiger partial charge in [-0.15, -0.1) is 11.3 Å². The molecule has 1 aromatic rings. The molecule has 0 aromatic carbocycles. The number of carbonyl (C=O) groups is 2. The van der Waals surface area contributed by atoms with E-state index in [4.69, 9.17) is 5.73 Å². The topological polar surface area (TPSA) is 73.0 Å². The van der Waals surface area contributed by atoms with Crippen molar-refractivity contribution in [2.75, 3.05) is 11.5 Å². The van der Waals surface area contributed by atoms with Crippen LogP contribution in [0.2, 0.25) is 0 Å². The molecule has 2 N–H and O–H groups in total. The van der Waals surface area contributed by atoms with Gasteiger partial charge in [0, 0.05) is 12.3 Å². The lowest BCUT2D eigenvalue weighted by Crippen LogP contribution is -2.03. The Hall–Kier alpha value is -0.880. The van der Waals surface area contributed by atoms with Crippen molar-refractivity contribution in [3.05, 3.63) is 10.4 Å². The third-order valence-corrected chi connectivity index (χ3v) is 2.88. The van der Waals surface area contributed by atoms with Crippen LogP contribution in [0.25, 0.3) is 0 Å². The molecular weight excluding hydrogens is 208 g/mol. The molecule has 13 heavy (non-hydrogen) atoms. The summed E-state index contributed by atoms with van der Waals surface area (Å²) < 4.78 is 0. The van der Waals surface area contributed by atoms with Gasteiger partial charge in [0.25, 0.3) is 0 Å². The number of nitrogen functional groups attached to an aromatic ring is 1. The fourth-order valence-corrected chi connectivity index (χ4v) is 1.85. The Morgan fingerprint density at radius 2 is 2.38 bits per heavy atom. The van der Waals surface area contributed by atoms with Crippen molar-refractivity contribution in [2.45, 2.75) is 6.92 Å². The second-order valence-electron chi connectivity index (χ2n) is 2.28. The van der Waals surface area contributed by atoms with Crippen molar-refractivity contribution in [3.63, 3.8) is 0 Å². The molecule has 0 unspecified atom stereocenters. The molecule has 1 aromatic heterocycles. The standard InChI is InChI=1S/C7H8N2O2S2/c1-4(10)12-2-5(11)7-9-6(8)3-13-7/h3H,2,8H2,1H3. The average Bonchev–Trinajstić information content (AvgIpc) is 2.47. The van der Waals surface area contributed by atoms with E-state index in [1.165, 1.54) is 18.3 Å². The van der Waals surface area contributed by atoms with Crippen LogP contribution in [-0.2, 0) is 4.79 Å². The summed E-state index contributed by atoms with van der Waals surface area (Å²) in [5, 5.41) is 1.90. The number of ketones is 1. The molecule has 6 heteroatoms. The maximum atomic E-state index is 11.3. The summed E-state index contributed by atoms with van der Waals surface area (Å²) >= 11 is 2.18. The zero-order valence-electron chi connectivity index (χ0n) is 6.94. The van der Waals surface area contributed by atoms with Crippen LogP contribution >= 0.6 is 23.1 Å². The van der Waals surface area contributed by atoms with E-state index in [0.29, 0.717) is 10.8 Å². The first-order valence-corrected chi connectivity index (χ1v) is 5.33. The van der Waals surface area contributed by atoms with E-state index in [2.05, 4.69) is 4.98 Å². The normalized spacial score (nSPS) is 9.92. The van der Waals surface area contributed by atoms with E-state index in [1.54, 1.807) is 5.38 Å². The van der Waals surface area contributed by atoms with E-state index < -0.39 is 0 Å². The van der Waals surface area contributed by atoms with E-state index in [1.807, 2.05) is 0 Å². The Balaban J connectivity index is 2.54. The van der Waals surface area contributed by atoms with Crippen molar-refractivity contribution in [2.24, 2.45) is 0 Å². The van der Waals surface area contributed by atoms with Crippen molar-refractivity contribution >= 4 is 39.8 Å². The number of hydrogen-bond donors (Lipinski definition) is 1. The summed E-state index contributed by atoms with van der Waals surface area (Å²) in [4.78, 5) is 25.6. The van der Waals surface area contributed by atoms with Crippen LogP contribution < -0.4 is 5.73 Å². The number of nitrogens with two attached hydrogens (primary N) is 1. The smallest absolute Gasteiger partial charge is 0.201 e. The van der Waals surface area contributed by atoms with Crippen LogP contribution in [0.1, 0.15) is 16.7 Å². The van der Waals surface area contributed by atoms with Crippen LogP contribution in [0, 0.1) is 0 Å². The number of carbonyl (C=O) groups excluding carboxylic acids is 2. The predicted octanol–water partition coefficient (Wildman–Crippen LogP) is 1.19. The molecule has 70 valence electrons. The van der Waals surface area contributed by atoms with Gasteiger partial charge in [0.05, 0.1) is 5.75 Å². The van der Waals surface area contributed by atoms with Crippen molar-refractivity contribution in [3.8, 4) is 0 Å². The summed E-state index contributed by atoms with van der Waals surface area (Å²) in [5.41, 5.74) is 5.35. The number of thiazole rings is 1. The Bertz CT molecular complexity index is 335. The maximum Gasteiger partial charge on any atom is 0.201 e. The Kier molecular flexibility index (Phi) is 3.44. The van der Waals surface area contributed by atoms with Crippen molar-refractivity contribution < 1.29 is 9.59 Å². The molecule has 0 saturated heterocycles. The molecule has 0 saturated carbocycles. The minimum atomic E-state index is -0.151. The Labute approximate surface area is 83.5 Å². The lowest BCUT2D eigenvalue weighted by atomic mass is 10.5. The quantitative estimate of drug-likeness (QED) is 0.768. The van der Waals surface area contributed by atoms with Crippen LogP contribution in [0.4, 0.5) is 5.82 Å². The highest BCUT2D eigenvalue weighted by Crippen LogP contribution is 2.14. The summed E-state index contributed by atoms with van der Waals surface area (Å²) in [6, 6.07) is 0. The van der Waals surface area contributed by atoms with E-state index in [0.717, 1.165) is 11.8 Å². The lowest BCUT2D eigenvalue weighted by Gasteiger charge is -1.92. The third kappa shape index (κ3) is 3.16. The largest absolute Gasteiger partial charge is 0.383 e. The highest BCUT2D eigenvalue weighted by molar-refractivity contribution is 8.14. The van der Waals surface area contributed by atoms with Gasteiger partial charge in [-0.3, -0.25) is 9.59 Å². The fourth-order valence-electron chi connectivity index (χ4n) is 0.643. The zero-order chi connectivity index (χ0) is 9.84. The van der Waals surface area contributed by atoms with Gasteiger partial charge >= 0.3 is 0 Å². The molecule has 0 aliphatic carbocycles. The number of nitrogens with zero attached hydrogens (tertiary/aromatic N) is 1. The van der Waals surface area contributed by atoms with Crippen molar-refractivity contribution in [1.82, 2.24) is 4.98 Å². The molecule has 0 aliphatic heterocycles. The number of Topliss-reactive ketones (excluding diaryl/α,β-unsaturated/α-hetero) is 1. The summed E-state index contributed by atoms with van der Waals surface area (Å²) in [6.07, 6.45) is 0. The minimum Gasteiger partial charge on any atom is -0.383 e. The van der Waals surface area contributed by atoms with Crippen LogP contribution in [0.3, 0.4) is 0 Å². The SMILES string of the molecule is CC(=O)SCC(=O)c1nc(N)cs1. The van der Waals surface area contributed by atoms with Crippen LogP contribution in [0.5, 0.6) is 0 Å². The molecule has 4 nitrogen and oxygen atoms in total. The van der Waals surface area contributed by atoms with E-state index in [-0.39, 0.29) is 16.7 Å². The maximum absolute atomic E-state index is 11.3. The van der Waals surface area contributed by atoms with Gasteiger partial charge in [-0.1, -0.05) is 11.8 Å². The number of hydrogen-bond acceptors (Lipinski definition) is 6. The molecule has 0 aliphatic rings. The van der Waals surface area contributed by atoms with Gasteiger partial charge in [-0.2, -0.15) is 0 Å². The van der Waals surface area contributed by atoms with Crippen LogP contribution in [-0.4, -0.2) is 21.6 Å². The second kappa shape index (κ2) is 4.38. The Morgan fingerprint density at radius 1 is 1.69 bits per heavy atom. The second-order valence-corrected chi connectivity index (χ2v) is 4.29. The number of aromatic nitrogens is 1. The molecule has 1 heterocycles. The monoisotopic (exact) mass is 216 g/mol. The molecule has 0 radical (unpaired) electrons. The summed E-state index contributed by atoms with van der Waals surface area (Å²) in [6.45, 7) is 1.42. The molecule has 0 fully saturated rings. The first-order chi connectivity index (χ1) is 6.09. The number of rotatable bonds is 3. The first-order valence-electron chi connectivity index (χ1n) is 3.47. The average molecular weight is 216 g/mol. The fraction of sp³-hybridized carbons (Fsp3) is 0.286. The lowest BCUT2D eigenvalue weighted by molar-refractivity contribution is -0.109. The molecule has 0 spiro atoms. The Morgan fingerprint density at radius 3 is 2.85 bits per heavy atom.